The van der Waals surface area contributed by atoms with Crippen molar-refractivity contribution in [1.29, 1.82) is 0 Å². The number of aromatic amines is 2. The second-order valence-electron chi connectivity index (χ2n) is 12.8. The monoisotopic (exact) mass is 658 g/mol. The number of aryl methyl sites for hydroxylation is 3. The number of carboxylic acid groups (broad SMARTS) is 1. The number of carbonyl (C=O) groups is 1. The Kier molecular flexibility index (Phi) is 8.59. The van der Waals surface area contributed by atoms with Gasteiger partial charge < -0.3 is 29.1 Å². The van der Waals surface area contributed by atoms with Gasteiger partial charge in [0.15, 0.2) is 5.69 Å². The van der Waals surface area contributed by atoms with Gasteiger partial charge in [-0.3, -0.25) is 4.79 Å². The molecule has 0 spiro atoms. The van der Waals surface area contributed by atoms with Crippen LogP contribution in [-0.4, -0.2) is 43.8 Å². The molecule has 6 aromatic rings. The Balaban J connectivity index is 1.19. The number of benzene rings is 3. The molecule has 250 valence electrons. The van der Waals surface area contributed by atoms with Gasteiger partial charge >= 0.3 is 12.1 Å². The maximum absolute atomic E-state index is 13.8. The second-order valence-corrected chi connectivity index (χ2v) is 12.8. The van der Waals surface area contributed by atoms with E-state index in [-0.39, 0.29) is 19.2 Å². The smallest absolute Gasteiger partial charge is 0.434 e. The number of aliphatic carboxylic acids is 1. The Hall–Kier alpha value is -5.03. The van der Waals surface area contributed by atoms with E-state index in [2.05, 4.69) is 47.9 Å². The number of ether oxygens (including phenoxy) is 2. The summed E-state index contributed by atoms with van der Waals surface area (Å²) in [7, 11) is 0. The molecule has 0 aliphatic carbocycles. The van der Waals surface area contributed by atoms with Gasteiger partial charge in [0.25, 0.3) is 0 Å². The third kappa shape index (κ3) is 6.42. The molecule has 0 aliphatic heterocycles. The molecule has 0 amide bonds. The van der Waals surface area contributed by atoms with Crippen LogP contribution in [0.1, 0.15) is 41.9 Å². The van der Waals surface area contributed by atoms with E-state index in [9.17, 15) is 23.1 Å². The number of aromatic nitrogens is 4. The number of fused-ring (bicyclic) bond motifs is 2. The third-order valence-electron chi connectivity index (χ3n) is 8.93. The molecule has 3 aromatic heterocycles. The number of rotatable bonds is 11. The highest BCUT2D eigenvalue weighted by Gasteiger charge is 2.35. The Labute approximate surface area is 275 Å². The molecule has 0 bridgehead atoms. The highest BCUT2D eigenvalue weighted by atomic mass is 19.4. The number of nitrogens with one attached hydrogen (secondary N) is 2. The summed E-state index contributed by atoms with van der Waals surface area (Å²) in [4.78, 5) is 22.0. The topological polar surface area (TPSA) is 105 Å². The van der Waals surface area contributed by atoms with E-state index in [0.29, 0.717) is 24.3 Å². The summed E-state index contributed by atoms with van der Waals surface area (Å²) in [5, 5.41) is 11.4. The molecule has 3 N–H and O–H groups in total. The summed E-state index contributed by atoms with van der Waals surface area (Å²) < 4.78 is 54.3. The first-order valence-electron chi connectivity index (χ1n) is 15.6. The van der Waals surface area contributed by atoms with Crippen LogP contribution in [0.3, 0.4) is 0 Å². The summed E-state index contributed by atoms with van der Waals surface area (Å²) in [6, 6.07) is 16.8. The molecule has 0 aliphatic rings. The lowest BCUT2D eigenvalue weighted by atomic mass is 9.95. The van der Waals surface area contributed by atoms with E-state index in [4.69, 9.17) is 9.47 Å². The summed E-state index contributed by atoms with van der Waals surface area (Å²) in [5.74, 6) is -0.242. The molecule has 3 aromatic carbocycles. The summed E-state index contributed by atoms with van der Waals surface area (Å²) >= 11 is 0. The van der Waals surface area contributed by atoms with Gasteiger partial charge in [0.2, 0.25) is 0 Å². The van der Waals surface area contributed by atoms with E-state index in [1.54, 1.807) is 38.1 Å². The maximum atomic E-state index is 13.8. The number of hydrogen-bond acceptors (Lipinski definition) is 4. The Morgan fingerprint density at radius 1 is 0.958 bits per heavy atom. The van der Waals surface area contributed by atoms with Crippen molar-refractivity contribution in [2.24, 2.45) is 5.41 Å². The largest absolute Gasteiger partial charge is 0.492 e. The molecule has 0 saturated heterocycles. The predicted octanol–water partition coefficient (Wildman–Crippen LogP) is 8.83. The highest BCUT2D eigenvalue weighted by Crippen LogP contribution is 2.35. The quantitative estimate of drug-likeness (QED) is 0.121. The molecule has 3 heterocycles. The first-order chi connectivity index (χ1) is 22.7. The molecule has 6 rings (SSSR count). The van der Waals surface area contributed by atoms with Crippen molar-refractivity contribution in [3.63, 3.8) is 0 Å². The van der Waals surface area contributed by atoms with Crippen molar-refractivity contribution >= 4 is 27.8 Å². The van der Waals surface area contributed by atoms with E-state index in [0.717, 1.165) is 45.0 Å². The number of carboxylic acids is 1. The third-order valence-corrected chi connectivity index (χ3v) is 8.93. The molecule has 8 nitrogen and oxygen atoms in total. The van der Waals surface area contributed by atoms with Gasteiger partial charge in [-0.05, 0) is 81.1 Å². The van der Waals surface area contributed by atoms with Crippen LogP contribution in [-0.2, 0) is 28.9 Å². The number of hydrogen-bond donors (Lipinski definition) is 3. The fourth-order valence-corrected chi connectivity index (χ4v) is 5.84. The Morgan fingerprint density at radius 2 is 1.69 bits per heavy atom. The Bertz CT molecular complexity index is 2120. The lowest BCUT2D eigenvalue weighted by Gasteiger charge is -2.19. The first kappa shape index (κ1) is 32.9. The molecule has 48 heavy (non-hydrogen) atoms. The Morgan fingerprint density at radius 3 is 2.40 bits per heavy atom. The van der Waals surface area contributed by atoms with Gasteiger partial charge in [0.05, 0.1) is 12.0 Å². The fourth-order valence-electron chi connectivity index (χ4n) is 5.84. The lowest BCUT2D eigenvalue weighted by molar-refractivity contribution is -0.148. The maximum Gasteiger partial charge on any atom is 0.434 e. The summed E-state index contributed by atoms with van der Waals surface area (Å²) in [6.07, 6.45) is -1.20. The average Bonchev–Trinajstić information content (AvgIpc) is 3.76. The summed E-state index contributed by atoms with van der Waals surface area (Å²) in [6.45, 7) is 9.69. The van der Waals surface area contributed by atoms with Crippen LogP contribution in [0.2, 0.25) is 0 Å². The second kappa shape index (κ2) is 12.5. The molecular formula is C37H37F3N4O4. The number of nitrogens with zero attached hydrogens (tertiary/aromatic N) is 2. The van der Waals surface area contributed by atoms with Crippen molar-refractivity contribution < 1.29 is 32.5 Å². The van der Waals surface area contributed by atoms with E-state index in [1.165, 1.54) is 21.1 Å². The lowest BCUT2D eigenvalue weighted by Crippen LogP contribution is -2.30. The standard InChI is InChI=1S/C37H37F3N4O4/c1-21-6-13-30-33(22(21)2)23(3)29(42-30)14-15-47-20-44-18-32(37(38,39)40)43-34(44)25-9-12-27-28(17-41-31(27)16-25)24-7-10-26(11-8-24)48-19-36(4,5)35(45)46/h6-13,16-18,41-42H,14-15,19-20H2,1-5H3,(H,45,46). The minimum absolute atomic E-state index is 0.0254. The number of imidazole rings is 1. The van der Waals surface area contributed by atoms with Crippen molar-refractivity contribution in [2.75, 3.05) is 13.2 Å². The fraction of sp³-hybridized carbons (Fsp3) is 0.297. The predicted molar refractivity (Wildman–Crippen MR) is 179 cm³/mol. The molecule has 0 atom stereocenters. The van der Waals surface area contributed by atoms with Crippen molar-refractivity contribution in [1.82, 2.24) is 19.5 Å². The normalized spacial score (nSPS) is 12.3. The van der Waals surface area contributed by atoms with Gasteiger partial charge in [-0.1, -0.05) is 30.3 Å². The molecule has 0 radical (unpaired) electrons. The van der Waals surface area contributed by atoms with Crippen LogP contribution < -0.4 is 4.74 Å². The zero-order valence-electron chi connectivity index (χ0n) is 27.4. The van der Waals surface area contributed by atoms with Gasteiger partial charge in [0.1, 0.15) is 24.9 Å². The van der Waals surface area contributed by atoms with Crippen molar-refractivity contribution in [3.05, 3.63) is 95.1 Å². The molecule has 0 saturated carbocycles. The van der Waals surface area contributed by atoms with E-state index in [1.807, 2.05) is 24.4 Å². The molecule has 11 heteroatoms. The van der Waals surface area contributed by atoms with Crippen LogP contribution in [0.4, 0.5) is 13.2 Å². The average molecular weight is 659 g/mol. The number of halogens is 3. The van der Waals surface area contributed by atoms with E-state index >= 15 is 0 Å². The summed E-state index contributed by atoms with van der Waals surface area (Å²) in [5.41, 5.74) is 6.72. The van der Waals surface area contributed by atoms with Crippen LogP contribution in [0.15, 0.2) is 67.0 Å². The van der Waals surface area contributed by atoms with Crippen LogP contribution >= 0.6 is 0 Å². The van der Waals surface area contributed by atoms with Gasteiger partial charge in [0, 0.05) is 57.4 Å². The molecule has 0 unspecified atom stereocenters. The minimum Gasteiger partial charge on any atom is -0.492 e. The minimum atomic E-state index is -4.61. The SMILES string of the molecule is Cc1ccc2[nH]c(CCOCn3cc(C(F)(F)F)nc3-c3ccc4c(-c5ccc(OCC(C)(C)C(=O)O)cc5)c[nH]c4c3)c(C)c2c1C. The van der Waals surface area contributed by atoms with Crippen molar-refractivity contribution in [3.8, 4) is 28.3 Å². The number of H-pyrrole nitrogens is 2. The van der Waals surface area contributed by atoms with Crippen LogP contribution in [0, 0.1) is 26.2 Å². The highest BCUT2D eigenvalue weighted by molar-refractivity contribution is 5.97. The van der Waals surface area contributed by atoms with Crippen LogP contribution in [0.5, 0.6) is 5.75 Å². The molecule has 0 fully saturated rings. The van der Waals surface area contributed by atoms with Crippen molar-refractivity contribution in [2.45, 2.75) is 53.9 Å². The first-order valence-corrected chi connectivity index (χ1v) is 15.6. The number of alkyl halides is 3. The molecular weight excluding hydrogens is 621 g/mol. The van der Waals surface area contributed by atoms with Gasteiger partial charge in [-0.15, -0.1) is 0 Å². The van der Waals surface area contributed by atoms with E-state index < -0.39 is 23.3 Å². The van der Waals surface area contributed by atoms with Gasteiger partial charge in [-0.25, -0.2) is 4.98 Å². The van der Waals surface area contributed by atoms with Gasteiger partial charge in [-0.2, -0.15) is 13.2 Å². The zero-order valence-corrected chi connectivity index (χ0v) is 27.4. The van der Waals surface area contributed by atoms with Crippen LogP contribution in [0.25, 0.3) is 44.3 Å². The zero-order chi connectivity index (χ0) is 34.4.